The van der Waals surface area contributed by atoms with E-state index in [9.17, 15) is 19.7 Å². The van der Waals surface area contributed by atoms with E-state index in [-0.39, 0.29) is 17.0 Å². The Labute approximate surface area is 112 Å². The van der Waals surface area contributed by atoms with Crippen LogP contribution in [0.2, 0.25) is 0 Å². The van der Waals surface area contributed by atoms with E-state index in [2.05, 4.69) is 5.32 Å². The number of benzene rings is 1. The molecule has 0 saturated carbocycles. The molecule has 0 unspecified atom stereocenters. The summed E-state index contributed by atoms with van der Waals surface area (Å²) in [4.78, 5) is 32.5. The Morgan fingerprint density at radius 1 is 1.50 bits per heavy atom. The van der Waals surface area contributed by atoms with E-state index >= 15 is 0 Å². The molecule has 0 aromatic heterocycles. The Morgan fingerprint density at radius 3 is 2.60 bits per heavy atom. The lowest BCUT2D eigenvalue weighted by Crippen LogP contribution is -2.43. The lowest BCUT2D eigenvalue weighted by molar-refractivity contribution is -0.384. The fourth-order valence-corrected chi connectivity index (χ4v) is 1.40. The highest BCUT2D eigenvalue weighted by molar-refractivity contribution is 5.99. The smallest absolute Gasteiger partial charge is 0.328 e. The van der Waals surface area contributed by atoms with Crippen LogP contribution in [0.4, 0.5) is 5.69 Å². The molecule has 9 nitrogen and oxygen atoms in total. The number of carboxylic acids is 1. The minimum atomic E-state index is -1.47. The highest BCUT2D eigenvalue weighted by Gasteiger charge is 2.22. The number of amides is 1. The van der Waals surface area contributed by atoms with Crippen LogP contribution in [0.3, 0.4) is 0 Å². The number of aliphatic hydroxyl groups excluding tert-OH is 1. The number of hydrogen-bond acceptors (Lipinski definition) is 6. The molecule has 108 valence electrons. The van der Waals surface area contributed by atoms with Crippen molar-refractivity contribution in [2.75, 3.05) is 13.7 Å². The lowest BCUT2D eigenvalue weighted by atomic mass is 10.1. The van der Waals surface area contributed by atoms with Crippen molar-refractivity contribution in [1.82, 2.24) is 5.32 Å². The molecule has 0 radical (unpaired) electrons. The first-order chi connectivity index (χ1) is 9.40. The van der Waals surface area contributed by atoms with Crippen molar-refractivity contribution >= 4 is 17.6 Å². The molecule has 1 atom stereocenters. The van der Waals surface area contributed by atoms with Crippen LogP contribution in [0.1, 0.15) is 10.4 Å². The molecule has 0 aliphatic heterocycles. The highest BCUT2D eigenvalue weighted by atomic mass is 16.6. The Hall–Kier alpha value is -2.68. The molecule has 0 heterocycles. The van der Waals surface area contributed by atoms with Crippen molar-refractivity contribution in [2.24, 2.45) is 0 Å². The SMILES string of the molecule is COc1cc([N+](=O)[O-])ccc1C(=O)N[C@@H](CO)C(=O)O. The van der Waals surface area contributed by atoms with Gasteiger partial charge in [0.05, 0.1) is 30.3 Å². The molecule has 0 spiro atoms. The zero-order valence-corrected chi connectivity index (χ0v) is 10.4. The second-order valence-corrected chi connectivity index (χ2v) is 3.69. The second kappa shape index (κ2) is 6.48. The number of carboxylic acid groups (broad SMARTS) is 1. The lowest BCUT2D eigenvalue weighted by Gasteiger charge is -2.13. The van der Waals surface area contributed by atoms with Crippen LogP contribution < -0.4 is 10.1 Å². The number of hydrogen-bond donors (Lipinski definition) is 3. The first kappa shape index (κ1) is 15.4. The van der Waals surface area contributed by atoms with Crippen LogP contribution in [-0.4, -0.2) is 46.8 Å². The number of non-ortho nitro benzene ring substituents is 1. The quantitative estimate of drug-likeness (QED) is 0.484. The van der Waals surface area contributed by atoms with Crippen LogP contribution >= 0.6 is 0 Å². The van der Waals surface area contributed by atoms with E-state index in [1.807, 2.05) is 0 Å². The van der Waals surface area contributed by atoms with Gasteiger partial charge in [0.2, 0.25) is 0 Å². The van der Waals surface area contributed by atoms with Crippen LogP contribution in [0, 0.1) is 10.1 Å². The Bertz CT molecular complexity index is 544. The normalized spacial score (nSPS) is 11.5. The van der Waals surface area contributed by atoms with Gasteiger partial charge >= 0.3 is 5.97 Å². The van der Waals surface area contributed by atoms with Crippen molar-refractivity contribution < 1.29 is 29.5 Å². The summed E-state index contributed by atoms with van der Waals surface area (Å²) in [6.45, 7) is -0.781. The van der Waals surface area contributed by atoms with Crippen molar-refractivity contribution in [3.05, 3.63) is 33.9 Å². The predicted molar refractivity (Wildman–Crippen MR) is 65.6 cm³/mol. The molecule has 3 N–H and O–H groups in total. The summed E-state index contributed by atoms with van der Waals surface area (Å²) in [5.41, 5.74) is -0.340. The van der Waals surface area contributed by atoms with Crippen molar-refractivity contribution in [1.29, 1.82) is 0 Å². The summed E-state index contributed by atoms with van der Waals surface area (Å²) in [7, 11) is 1.22. The van der Waals surface area contributed by atoms with Gasteiger partial charge in [-0.1, -0.05) is 0 Å². The first-order valence-corrected chi connectivity index (χ1v) is 5.37. The van der Waals surface area contributed by atoms with Gasteiger partial charge in [-0.15, -0.1) is 0 Å². The van der Waals surface area contributed by atoms with Gasteiger partial charge in [-0.2, -0.15) is 0 Å². The van der Waals surface area contributed by atoms with Gasteiger partial charge in [0, 0.05) is 6.07 Å². The van der Waals surface area contributed by atoms with Gasteiger partial charge in [-0.3, -0.25) is 14.9 Å². The van der Waals surface area contributed by atoms with E-state index < -0.39 is 29.4 Å². The van der Waals surface area contributed by atoms with Crippen molar-refractivity contribution in [3.8, 4) is 5.75 Å². The van der Waals surface area contributed by atoms with E-state index in [0.29, 0.717) is 0 Å². The van der Waals surface area contributed by atoms with E-state index in [1.165, 1.54) is 7.11 Å². The number of carbonyl (C=O) groups excluding carboxylic acids is 1. The fraction of sp³-hybridized carbons (Fsp3) is 0.273. The summed E-state index contributed by atoms with van der Waals surface area (Å²) >= 11 is 0. The summed E-state index contributed by atoms with van der Waals surface area (Å²) in [5, 5.41) is 30.2. The minimum absolute atomic E-state index is 0.0706. The summed E-state index contributed by atoms with van der Waals surface area (Å²) in [6, 6.07) is 1.81. The molecular weight excluding hydrogens is 272 g/mol. The Balaban J connectivity index is 3.04. The molecule has 1 aromatic rings. The molecule has 20 heavy (non-hydrogen) atoms. The molecule has 0 saturated heterocycles. The number of carbonyl (C=O) groups is 2. The summed E-state index contributed by atoms with van der Waals surface area (Å²) in [5.74, 6) is -2.29. The first-order valence-electron chi connectivity index (χ1n) is 5.37. The number of rotatable bonds is 6. The topological polar surface area (TPSA) is 139 Å². The number of methoxy groups -OCH3 is 1. The number of nitrogens with one attached hydrogen (secondary N) is 1. The molecule has 1 amide bonds. The number of ether oxygens (including phenoxy) is 1. The largest absolute Gasteiger partial charge is 0.496 e. The number of nitro benzene ring substituents is 1. The average Bonchev–Trinajstić information content (AvgIpc) is 2.43. The molecule has 0 aliphatic rings. The fourth-order valence-electron chi connectivity index (χ4n) is 1.40. The maximum atomic E-state index is 11.8. The van der Waals surface area contributed by atoms with Crippen molar-refractivity contribution in [2.45, 2.75) is 6.04 Å². The molecular formula is C11H12N2O7. The molecule has 9 heteroatoms. The standard InChI is InChI=1S/C11H12N2O7/c1-20-9-4-6(13(18)19)2-3-7(9)10(15)12-8(5-14)11(16)17/h2-4,8,14H,5H2,1H3,(H,12,15)(H,16,17)/t8-/m0/s1. The third-order valence-electron chi connectivity index (χ3n) is 2.43. The number of aliphatic carboxylic acids is 1. The van der Waals surface area contributed by atoms with Crippen LogP contribution in [0.15, 0.2) is 18.2 Å². The molecule has 1 aromatic carbocycles. The van der Waals surface area contributed by atoms with E-state index in [1.54, 1.807) is 0 Å². The van der Waals surface area contributed by atoms with E-state index in [0.717, 1.165) is 18.2 Å². The maximum absolute atomic E-state index is 11.8. The Kier molecular flexibility index (Phi) is 4.98. The highest BCUT2D eigenvalue weighted by Crippen LogP contribution is 2.24. The maximum Gasteiger partial charge on any atom is 0.328 e. The number of aliphatic hydroxyl groups is 1. The van der Waals surface area contributed by atoms with Crippen LogP contribution in [0.25, 0.3) is 0 Å². The Morgan fingerprint density at radius 2 is 2.15 bits per heavy atom. The van der Waals surface area contributed by atoms with Crippen LogP contribution in [0.5, 0.6) is 5.75 Å². The molecule has 1 rings (SSSR count). The third-order valence-corrected chi connectivity index (χ3v) is 2.43. The van der Waals surface area contributed by atoms with E-state index in [4.69, 9.17) is 14.9 Å². The summed E-state index contributed by atoms with van der Waals surface area (Å²) in [6.07, 6.45) is 0. The van der Waals surface area contributed by atoms with Crippen LogP contribution in [-0.2, 0) is 4.79 Å². The molecule has 0 fully saturated rings. The number of nitrogens with zero attached hydrogens (tertiary/aromatic N) is 1. The second-order valence-electron chi connectivity index (χ2n) is 3.69. The molecule has 0 bridgehead atoms. The van der Waals surface area contributed by atoms with Gasteiger partial charge in [0.15, 0.2) is 6.04 Å². The van der Waals surface area contributed by atoms with Gasteiger partial charge in [-0.25, -0.2) is 4.79 Å². The zero-order valence-electron chi connectivity index (χ0n) is 10.4. The molecule has 0 aliphatic carbocycles. The number of nitro groups is 1. The minimum Gasteiger partial charge on any atom is -0.496 e. The van der Waals surface area contributed by atoms with Gasteiger partial charge in [-0.05, 0) is 6.07 Å². The average molecular weight is 284 g/mol. The van der Waals surface area contributed by atoms with Gasteiger partial charge in [0.25, 0.3) is 11.6 Å². The van der Waals surface area contributed by atoms with Gasteiger partial charge < -0.3 is 20.3 Å². The summed E-state index contributed by atoms with van der Waals surface area (Å²) < 4.78 is 4.86. The zero-order chi connectivity index (χ0) is 15.3. The van der Waals surface area contributed by atoms with Gasteiger partial charge in [0.1, 0.15) is 5.75 Å². The van der Waals surface area contributed by atoms with Crippen molar-refractivity contribution in [3.63, 3.8) is 0 Å². The predicted octanol–water partition coefficient (Wildman–Crippen LogP) is -0.221. The third kappa shape index (κ3) is 3.42. The monoisotopic (exact) mass is 284 g/mol.